The predicted molar refractivity (Wildman–Crippen MR) is 110 cm³/mol. The first kappa shape index (κ1) is 24.8. The van der Waals surface area contributed by atoms with Gasteiger partial charge >= 0.3 is 6.18 Å². The largest absolute Gasteiger partial charge is 0.417 e. The fraction of sp³-hybridized carbons (Fsp3) is 0.353. The molecule has 0 unspecified atom stereocenters. The van der Waals surface area contributed by atoms with Gasteiger partial charge in [-0.25, -0.2) is 18.5 Å². The van der Waals surface area contributed by atoms with E-state index in [1.165, 1.54) is 12.3 Å². The number of nitrogens with zero attached hydrogens (tertiary/aromatic N) is 3. The van der Waals surface area contributed by atoms with Crippen LogP contribution in [0.25, 0.3) is 0 Å². The lowest BCUT2D eigenvalue weighted by atomic mass is 10.0. The number of aliphatic hydroxyl groups is 1. The molecule has 1 heterocycles. The Kier molecular flexibility index (Phi) is 6.86. The van der Waals surface area contributed by atoms with E-state index < -0.39 is 43.9 Å². The Morgan fingerprint density at radius 2 is 1.94 bits per heavy atom. The smallest absolute Gasteiger partial charge is 0.388 e. The van der Waals surface area contributed by atoms with Gasteiger partial charge in [-0.2, -0.15) is 23.4 Å². The van der Waals surface area contributed by atoms with Gasteiger partial charge in [0.25, 0.3) is 0 Å². The predicted octanol–water partition coefficient (Wildman–Crippen LogP) is 3.09. The van der Waals surface area contributed by atoms with Crippen LogP contribution in [0.2, 0.25) is 0 Å². The molecule has 1 atom stereocenters. The van der Waals surface area contributed by atoms with Gasteiger partial charge in [-0.05, 0) is 48.8 Å². The normalized spacial score (nSPS) is 13.4. The Labute approximate surface area is 184 Å². The molecular weight excluding hydrogens is 505 g/mol. The minimum Gasteiger partial charge on any atom is -0.388 e. The van der Waals surface area contributed by atoms with Crippen molar-refractivity contribution < 1.29 is 26.7 Å². The molecule has 31 heavy (non-hydrogen) atoms. The fourth-order valence-electron chi connectivity index (χ4n) is 2.34. The maximum Gasteiger partial charge on any atom is 0.417 e. The topological polar surface area (TPSA) is 154 Å². The van der Waals surface area contributed by atoms with Crippen LogP contribution in [-0.2, 0) is 16.2 Å². The Balaban J connectivity index is 2.53. The lowest BCUT2D eigenvalue weighted by molar-refractivity contribution is -0.139. The average Bonchev–Trinajstić information content (AvgIpc) is 2.61. The summed E-state index contributed by atoms with van der Waals surface area (Å²) in [7, 11) is -4.83. The number of nitriles is 1. The van der Waals surface area contributed by atoms with E-state index in [2.05, 4.69) is 36.5 Å². The van der Waals surface area contributed by atoms with Crippen molar-refractivity contribution in [3.05, 3.63) is 33.9 Å². The molecule has 2 aromatic rings. The van der Waals surface area contributed by atoms with E-state index in [9.17, 15) is 32.0 Å². The first-order valence-electron chi connectivity index (χ1n) is 8.50. The van der Waals surface area contributed by atoms with Crippen molar-refractivity contribution in [2.75, 3.05) is 10.6 Å². The lowest BCUT2D eigenvalue weighted by Crippen LogP contribution is -2.39. The second-order valence-electron chi connectivity index (χ2n) is 7.09. The van der Waals surface area contributed by atoms with Crippen LogP contribution in [-0.4, -0.2) is 35.1 Å². The van der Waals surface area contributed by atoms with Crippen molar-refractivity contribution in [2.45, 2.75) is 43.5 Å². The van der Waals surface area contributed by atoms with Gasteiger partial charge in [0, 0.05) is 11.9 Å². The van der Waals surface area contributed by atoms with Crippen molar-refractivity contribution in [1.82, 2.24) is 9.97 Å². The number of benzene rings is 1. The second-order valence-corrected chi connectivity index (χ2v) is 9.44. The summed E-state index contributed by atoms with van der Waals surface area (Å²) in [6, 6.07) is 2.35. The van der Waals surface area contributed by atoms with Gasteiger partial charge in [0.1, 0.15) is 16.8 Å². The van der Waals surface area contributed by atoms with Crippen molar-refractivity contribution in [3.63, 3.8) is 0 Å². The summed E-state index contributed by atoms with van der Waals surface area (Å²) >= 11 is 3.23. The molecule has 0 aliphatic heterocycles. The van der Waals surface area contributed by atoms with Gasteiger partial charge in [0.15, 0.2) is 0 Å². The molecule has 0 fully saturated rings. The van der Waals surface area contributed by atoms with E-state index in [1.807, 2.05) is 0 Å². The summed E-state index contributed by atoms with van der Waals surface area (Å²) in [5, 5.41) is 29.6. The maximum atomic E-state index is 13.5. The molecular formula is C17H18BrF3N6O3S. The molecule has 0 aliphatic rings. The number of anilines is 3. The number of alkyl halides is 3. The van der Waals surface area contributed by atoms with E-state index in [4.69, 9.17) is 5.14 Å². The highest BCUT2D eigenvalue weighted by atomic mass is 79.9. The fourth-order valence-corrected chi connectivity index (χ4v) is 3.54. The van der Waals surface area contributed by atoms with Crippen LogP contribution in [0.3, 0.4) is 0 Å². The zero-order chi connectivity index (χ0) is 23.8. The van der Waals surface area contributed by atoms with Crippen LogP contribution in [0.1, 0.15) is 31.9 Å². The average molecular weight is 523 g/mol. The van der Waals surface area contributed by atoms with Crippen molar-refractivity contribution in [2.24, 2.45) is 5.14 Å². The van der Waals surface area contributed by atoms with Crippen molar-refractivity contribution >= 4 is 43.4 Å². The number of hydrogen-bond acceptors (Lipinski definition) is 8. The SMILES string of the molecule is C[C@@H](Nc1nc(Nc2cc(C#N)c(S(N)(=O)=O)c(C(F)(F)F)c2)ncc1Br)C(C)(C)O. The molecule has 0 spiro atoms. The van der Waals surface area contributed by atoms with E-state index in [0.717, 1.165) is 6.07 Å². The third-order valence-corrected chi connectivity index (χ3v) is 5.80. The molecule has 0 radical (unpaired) electrons. The quantitative estimate of drug-likeness (QED) is 0.451. The zero-order valence-electron chi connectivity index (χ0n) is 16.4. The van der Waals surface area contributed by atoms with E-state index >= 15 is 0 Å². The minimum absolute atomic E-state index is 0.144. The standard InChI is InChI=1S/C17H18BrF3N6O3S/c1-8(16(2,3)28)25-14-12(18)7-24-15(27-14)26-10-4-9(6-22)13(31(23,29)30)11(5-10)17(19,20)21/h4-5,7-8,28H,1-3H3,(H2,23,29,30)(H2,24,25,26,27)/t8-/m1/s1. The highest BCUT2D eigenvalue weighted by Crippen LogP contribution is 2.38. The molecule has 0 bridgehead atoms. The molecule has 2 rings (SSSR count). The molecule has 14 heteroatoms. The van der Waals surface area contributed by atoms with Crippen LogP contribution < -0.4 is 15.8 Å². The van der Waals surface area contributed by atoms with E-state index in [-0.39, 0.29) is 17.5 Å². The van der Waals surface area contributed by atoms with Gasteiger partial charge in [-0.1, -0.05) is 0 Å². The number of nitrogens with one attached hydrogen (secondary N) is 2. The summed E-state index contributed by atoms with van der Waals surface area (Å²) < 4.78 is 64.1. The molecule has 1 aromatic heterocycles. The van der Waals surface area contributed by atoms with E-state index in [0.29, 0.717) is 10.5 Å². The van der Waals surface area contributed by atoms with Crippen molar-refractivity contribution in [3.8, 4) is 6.07 Å². The number of aromatic nitrogens is 2. The van der Waals surface area contributed by atoms with Gasteiger partial charge < -0.3 is 15.7 Å². The molecule has 0 amide bonds. The van der Waals surface area contributed by atoms with Crippen LogP contribution in [0.4, 0.5) is 30.6 Å². The monoisotopic (exact) mass is 522 g/mol. The number of nitrogens with two attached hydrogens (primary N) is 1. The highest BCUT2D eigenvalue weighted by Gasteiger charge is 2.38. The first-order valence-corrected chi connectivity index (χ1v) is 10.8. The summed E-state index contributed by atoms with van der Waals surface area (Å²) in [6.07, 6.45) is -3.77. The van der Waals surface area contributed by atoms with E-state index in [1.54, 1.807) is 20.8 Å². The third-order valence-electron chi connectivity index (χ3n) is 4.21. The van der Waals surface area contributed by atoms with Gasteiger partial charge in [0.2, 0.25) is 16.0 Å². The number of sulfonamides is 1. The zero-order valence-corrected chi connectivity index (χ0v) is 18.8. The van der Waals surface area contributed by atoms with Crippen LogP contribution in [0.5, 0.6) is 0 Å². The molecule has 5 N–H and O–H groups in total. The van der Waals surface area contributed by atoms with Gasteiger partial charge in [-0.3, -0.25) is 0 Å². The Bertz CT molecular complexity index is 1140. The molecule has 1 aromatic carbocycles. The summed E-state index contributed by atoms with van der Waals surface area (Å²) in [6.45, 7) is 4.85. The molecule has 9 nitrogen and oxygen atoms in total. The number of hydrogen-bond donors (Lipinski definition) is 4. The summed E-state index contributed by atoms with van der Waals surface area (Å²) in [4.78, 5) is 6.77. The Morgan fingerprint density at radius 1 is 1.32 bits per heavy atom. The molecule has 0 saturated heterocycles. The number of rotatable bonds is 6. The second kappa shape index (κ2) is 8.58. The number of halogens is 4. The molecule has 168 valence electrons. The highest BCUT2D eigenvalue weighted by molar-refractivity contribution is 9.10. The van der Waals surface area contributed by atoms with Crippen LogP contribution in [0, 0.1) is 11.3 Å². The Morgan fingerprint density at radius 3 is 2.42 bits per heavy atom. The molecule has 0 saturated carbocycles. The van der Waals surface area contributed by atoms with Gasteiger partial charge in [0.05, 0.1) is 27.2 Å². The lowest BCUT2D eigenvalue weighted by Gasteiger charge is -2.27. The van der Waals surface area contributed by atoms with Gasteiger partial charge in [-0.15, -0.1) is 0 Å². The minimum atomic E-state index is -5.10. The summed E-state index contributed by atoms with van der Waals surface area (Å²) in [5.74, 6) is 0.0962. The maximum absolute atomic E-state index is 13.5. The Hall–Kier alpha value is -2.47. The van der Waals surface area contributed by atoms with Crippen LogP contribution in [0.15, 0.2) is 27.7 Å². The first-order chi connectivity index (χ1) is 14.0. The van der Waals surface area contributed by atoms with Crippen LogP contribution >= 0.6 is 15.9 Å². The molecule has 0 aliphatic carbocycles. The third kappa shape index (κ3) is 6.03. The summed E-state index contributed by atoms with van der Waals surface area (Å²) in [5.41, 5.74) is -3.76. The van der Waals surface area contributed by atoms with Crippen molar-refractivity contribution in [1.29, 1.82) is 5.26 Å². The number of primary sulfonamides is 1.